The highest BCUT2D eigenvalue weighted by Gasteiger charge is 2.10. The third-order valence-corrected chi connectivity index (χ3v) is 3.50. The summed E-state index contributed by atoms with van der Waals surface area (Å²) in [6, 6.07) is 7.18. The highest BCUT2D eigenvalue weighted by Crippen LogP contribution is 2.10. The highest BCUT2D eigenvalue weighted by atomic mass is 16.2. The molecule has 1 heterocycles. The van der Waals surface area contributed by atoms with Crippen LogP contribution in [0.5, 0.6) is 0 Å². The molecule has 0 aliphatic rings. The van der Waals surface area contributed by atoms with Crippen LogP contribution in [0.25, 0.3) is 10.9 Å². The maximum atomic E-state index is 12.4. The maximum absolute atomic E-state index is 12.4. The van der Waals surface area contributed by atoms with Crippen molar-refractivity contribution in [2.45, 2.75) is 46.1 Å². The fraction of sp³-hybridized carbons (Fsp3) is 0.438. The Morgan fingerprint density at radius 1 is 1.23 bits per heavy atom. The molecule has 0 unspecified atom stereocenters. The predicted molar refractivity (Wildman–Crippen MR) is 87.6 cm³/mol. The van der Waals surface area contributed by atoms with Gasteiger partial charge in [0.1, 0.15) is 0 Å². The molecule has 0 spiro atoms. The maximum Gasteiger partial charge on any atom is 0.262 e. The largest absolute Gasteiger partial charge is 0.277 e. The average Bonchev–Trinajstić information content (AvgIpc) is 2.53. The number of fused-ring (bicyclic) bond motifs is 1. The van der Waals surface area contributed by atoms with Crippen molar-refractivity contribution in [3.05, 3.63) is 34.6 Å². The standard InChI is InChI=1S/C16H22N4O2/c1-3-5-6-11-14(21)18-19-16-17-13-10-8-7-9-12(13)15(22)20(16)4-2/h7-10H,3-6,11H2,1-2H3,(H,17,19)(H,18,21). The number of nitrogens with one attached hydrogen (secondary N) is 2. The van der Waals surface area contributed by atoms with Crippen molar-refractivity contribution < 1.29 is 4.79 Å². The second kappa shape index (κ2) is 7.59. The lowest BCUT2D eigenvalue weighted by Crippen LogP contribution is -2.34. The van der Waals surface area contributed by atoms with Gasteiger partial charge in [0.25, 0.3) is 5.56 Å². The molecule has 0 aliphatic carbocycles. The number of carbonyl (C=O) groups is 1. The van der Waals surface area contributed by atoms with Crippen molar-refractivity contribution in [3.63, 3.8) is 0 Å². The van der Waals surface area contributed by atoms with Crippen molar-refractivity contribution >= 4 is 22.8 Å². The summed E-state index contributed by atoms with van der Waals surface area (Å²) in [6.07, 6.45) is 3.42. The Balaban J connectivity index is 2.17. The number of nitrogens with zero attached hydrogens (tertiary/aromatic N) is 2. The van der Waals surface area contributed by atoms with Crippen LogP contribution >= 0.6 is 0 Å². The minimum atomic E-state index is -0.115. The van der Waals surface area contributed by atoms with Gasteiger partial charge in [-0.25, -0.2) is 4.98 Å². The summed E-state index contributed by atoms with van der Waals surface area (Å²) < 4.78 is 1.51. The summed E-state index contributed by atoms with van der Waals surface area (Å²) >= 11 is 0. The topological polar surface area (TPSA) is 76.0 Å². The van der Waals surface area contributed by atoms with Gasteiger partial charge in [0.15, 0.2) is 0 Å². The molecule has 1 aromatic carbocycles. The first-order chi connectivity index (χ1) is 10.7. The Kier molecular flexibility index (Phi) is 5.52. The number of unbranched alkanes of at least 4 members (excludes halogenated alkanes) is 2. The Morgan fingerprint density at radius 2 is 2.00 bits per heavy atom. The van der Waals surface area contributed by atoms with E-state index in [0.29, 0.717) is 29.8 Å². The Hall–Kier alpha value is -2.37. The lowest BCUT2D eigenvalue weighted by atomic mass is 10.2. The van der Waals surface area contributed by atoms with Crippen LogP contribution in [-0.2, 0) is 11.3 Å². The van der Waals surface area contributed by atoms with Gasteiger partial charge in [-0.05, 0) is 25.5 Å². The molecule has 6 nitrogen and oxygen atoms in total. The first kappa shape index (κ1) is 16.0. The van der Waals surface area contributed by atoms with E-state index in [2.05, 4.69) is 22.8 Å². The molecule has 1 aromatic heterocycles. The monoisotopic (exact) mass is 302 g/mol. The predicted octanol–water partition coefficient (Wildman–Crippen LogP) is 2.44. The minimum absolute atomic E-state index is 0.0986. The van der Waals surface area contributed by atoms with Gasteiger partial charge < -0.3 is 0 Å². The van der Waals surface area contributed by atoms with Gasteiger partial charge in [-0.3, -0.25) is 25.0 Å². The van der Waals surface area contributed by atoms with Crippen LogP contribution in [0.3, 0.4) is 0 Å². The summed E-state index contributed by atoms with van der Waals surface area (Å²) in [5, 5.41) is 0.573. The molecule has 0 atom stereocenters. The van der Waals surface area contributed by atoms with E-state index in [1.807, 2.05) is 19.1 Å². The van der Waals surface area contributed by atoms with Gasteiger partial charge in [-0.1, -0.05) is 31.9 Å². The molecule has 0 fully saturated rings. The smallest absolute Gasteiger partial charge is 0.262 e. The zero-order valence-electron chi connectivity index (χ0n) is 13.1. The summed E-state index contributed by atoms with van der Waals surface area (Å²) in [5.74, 6) is 0.258. The van der Waals surface area contributed by atoms with Crippen LogP contribution in [0.15, 0.2) is 29.1 Å². The molecule has 0 aliphatic heterocycles. The van der Waals surface area contributed by atoms with Crippen molar-refractivity contribution in [2.24, 2.45) is 0 Å². The molecule has 2 aromatic rings. The van der Waals surface area contributed by atoms with Gasteiger partial charge in [-0.15, -0.1) is 0 Å². The Labute approximate surface area is 129 Å². The fourth-order valence-corrected chi connectivity index (χ4v) is 2.28. The molecule has 2 rings (SSSR count). The zero-order valence-corrected chi connectivity index (χ0v) is 13.1. The number of rotatable bonds is 7. The normalized spacial score (nSPS) is 10.6. The quantitative estimate of drug-likeness (QED) is 0.608. The third-order valence-electron chi connectivity index (χ3n) is 3.50. The summed E-state index contributed by atoms with van der Waals surface area (Å²) in [4.78, 5) is 28.6. The molecule has 0 bridgehead atoms. The summed E-state index contributed by atoms with van der Waals surface area (Å²) in [7, 11) is 0. The van der Waals surface area contributed by atoms with E-state index in [0.717, 1.165) is 19.3 Å². The van der Waals surface area contributed by atoms with Crippen LogP contribution in [0.1, 0.15) is 39.5 Å². The highest BCUT2D eigenvalue weighted by molar-refractivity contribution is 5.79. The summed E-state index contributed by atoms with van der Waals surface area (Å²) in [5.41, 5.74) is 5.89. The van der Waals surface area contributed by atoms with Gasteiger partial charge >= 0.3 is 0 Å². The van der Waals surface area contributed by atoms with Crippen LogP contribution in [0, 0.1) is 0 Å². The first-order valence-electron chi connectivity index (χ1n) is 7.71. The number of hydrogen-bond acceptors (Lipinski definition) is 4. The van der Waals surface area contributed by atoms with Crippen molar-refractivity contribution in [1.29, 1.82) is 0 Å². The van der Waals surface area contributed by atoms with Crippen molar-refractivity contribution in [3.8, 4) is 0 Å². The number of carbonyl (C=O) groups excluding carboxylic acids is 1. The average molecular weight is 302 g/mol. The van der Waals surface area contributed by atoms with Crippen LogP contribution in [0.4, 0.5) is 5.95 Å². The number of amides is 1. The number of benzene rings is 1. The molecule has 0 saturated heterocycles. The fourth-order valence-electron chi connectivity index (χ4n) is 2.28. The van der Waals surface area contributed by atoms with Gasteiger partial charge in [0.2, 0.25) is 11.9 Å². The molecule has 0 radical (unpaired) electrons. The second-order valence-corrected chi connectivity index (χ2v) is 5.13. The number of anilines is 1. The summed E-state index contributed by atoms with van der Waals surface area (Å²) in [6.45, 7) is 4.44. The van der Waals surface area contributed by atoms with E-state index < -0.39 is 0 Å². The molecule has 6 heteroatoms. The van der Waals surface area contributed by atoms with E-state index in [4.69, 9.17) is 0 Å². The number of aromatic nitrogens is 2. The van der Waals surface area contributed by atoms with Crippen LogP contribution in [-0.4, -0.2) is 15.5 Å². The number of para-hydroxylation sites is 1. The molecule has 0 saturated carbocycles. The molecule has 118 valence electrons. The lowest BCUT2D eigenvalue weighted by Gasteiger charge is -2.13. The van der Waals surface area contributed by atoms with Gasteiger partial charge in [0, 0.05) is 13.0 Å². The first-order valence-corrected chi connectivity index (χ1v) is 7.71. The zero-order chi connectivity index (χ0) is 15.9. The Morgan fingerprint density at radius 3 is 2.73 bits per heavy atom. The van der Waals surface area contributed by atoms with E-state index >= 15 is 0 Å². The van der Waals surface area contributed by atoms with E-state index in [1.54, 1.807) is 12.1 Å². The third kappa shape index (κ3) is 3.63. The molecule has 22 heavy (non-hydrogen) atoms. The molecular formula is C16H22N4O2. The van der Waals surface area contributed by atoms with Crippen molar-refractivity contribution in [1.82, 2.24) is 15.0 Å². The Bertz CT molecular complexity index is 709. The second-order valence-electron chi connectivity index (χ2n) is 5.13. The number of hydrogen-bond donors (Lipinski definition) is 2. The van der Waals surface area contributed by atoms with E-state index in [9.17, 15) is 9.59 Å². The SMILES string of the molecule is CCCCCC(=O)NNc1nc2ccccc2c(=O)n1CC. The van der Waals surface area contributed by atoms with Gasteiger partial charge in [-0.2, -0.15) is 0 Å². The van der Waals surface area contributed by atoms with Crippen molar-refractivity contribution in [2.75, 3.05) is 5.43 Å². The minimum Gasteiger partial charge on any atom is -0.277 e. The lowest BCUT2D eigenvalue weighted by molar-refractivity contribution is -0.120. The van der Waals surface area contributed by atoms with Crippen LogP contribution in [0.2, 0.25) is 0 Å². The van der Waals surface area contributed by atoms with E-state index in [-0.39, 0.29) is 11.5 Å². The molecule has 2 N–H and O–H groups in total. The van der Waals surface area contributed by atoms with Gasteiger partial charge in [0.05, 0.1) is 10.9 Å². The molecular weight excluding hydrogens is 280 g/mol. The van der Waals surface area contributed by atoms with E-state index in [1.165, 1.54) is 4.57 Å². The molecule has 1 amide bonds. The number of hydrazine groups is 1. The van der Waals surface area contributed by atoms with Crippen LogP contribution < -0.4 is 16.4 Å².